The molecule has 3 heterocycles. The highest BCUT2D eigenvalue weighted by Gasteiger charge is 2.28. The summed E-state index contributed by atoms with van der Waals surface area (Å²) >= 11 is 0. The van der Waals surface area contributed by atoms with Gasteiger partial charge in [0.25, 0.3) is 5.91 Å². The third kappa shape index (κ3) is 2.95. The van der Waals surface area contributed by atoms with Gasteiger partial charge in [-0.25, -0.2) is 4.39 Å². The number of carbonyl (C=O) groups excluding carboxylic acids is 1. The molecule has 5 rings (SSSR count). The van der Waals surface area contributed by atoms with E-state index in [-0.39, 0.29) is 18.0 Å². The summed E-state index contributed by atoms with van der Waals surface area (Å²) in [5, 5.41) is 14.7. The average molecular weight is 404 g/mol. The molecule has 4 aromatic rings. The van der Waals surface area contributed by atoms with Gasteiger partial charge in [-0.05, 0) is 29.3 Å². The lowest BCUT2D eigenvalue weighted by Gasteiger charge is -2.16. The summed E-state index contributed by atoms with van der Waals surface area (Å²) in [7, 11) is 1.70. The fraction of sp³-hybridized carbons (Fsp3) is 0.174. The van der Waals surface area contributed by atoms with Crippen LogP contribution in [-0.2, 0) is 26.7 Å². The summed E-state index contributed by atoms with van der Waals surface area (Å²) < 4.78 is 31.9. The quantitative estimate of drug-likeness (QED) is 0.566. The van der Waals surface area contributed by atoms with Crippen LogP contribution in [0.15, 0.2) is 54.9 Å². The van der Waals surface area contributed by atoms with Crippen molar-refractivity contribution in [3.8, 4) is 11.1 Å². The van der Waals surface area contributed by atoms with Crippen molar-refractivity contribution in [2.45, 2.75) is 19.6 Å². The molecule has 2 aromatic carbocycles. The van der Waals surface area contributed by atoms with Gasteiger partial charge in [0, 0.05) is 42.5 Å². The van der Waals surface area contributed by atoms with Crippen molar-refractivity contribution in [3.63, 3.8) is 0 Å². The topological polar surface area (TPSA) is 71.2 Å². The number of aryl methyl sites for hydroxylation is 1. The summed E-state index contributed by atoms with van der Waals surface area (Å²) in [4.78, 5) is 18.4. The van der Waals surface area contributed by atoms with Gasteiger partial charge in [-0.2, -0.15) is 5.10 Å². The van der Waals surface area contributed by atoms with E-state index in [1.54, 1.807) is 54.7 Å². The number of amides is 1. The van der Waals surface area contributed by atoms with Crippen LogP contribution in [0.3, 0.4) is 0 Å². The molecule has 30 heavy (non-hydrogen) atoms. The minimum Gasteiger partial charge on any atom is -0.392 e. The van der Waals surface area contributed by atoms with Crippen molar-refractivity contribution in [2.24, 2.45) is 7.05 Å². The Balaban J connectivity index is 1.48. The van der Waals surface area contributed by atoms with Gasteiger partial charge >= 0.3 is 0 Å². The molecule has 0 spiro atoms. The van der Waals surface area contributed by atoms with Crippen molar-refractivity contribution in [3.05, 3.63) is 83.1 Å². The zero-order valence-electron chi connectivity index (χ0n) is 18.1. The molecule has 0 radical (unpaired) electrons. The van der Waals surface area contributed by atoms with E-state index in [2.05, 4.69) is 10.1 Å². The minimum atomic E-state index is -2.55. The number of nitrogens with zero attached hydrogens (tertiary/aromatic N) is 4. The van der Waals surface area contributed by atoms with Crippen LogP contribution < -0.4 is 0 Å². The Kier molecular flexibility index (Phi) is 3.81. The molecule has 1 aliphatic heterocycles. The van der Waals surface area contributed by atoms with Gasteiger partial charge in [-0.3, -0.25) is 14.5 Å². The highest BCUT2D eigenvalue weighted by atomic mass is 19.1. The maximum Gasteiger partial charge on any atom is 0.256 e. The summed E-state index contributed by atoms with van der Waals surface area (Å²) in [6.45, 7) is -2.07. The third-order valence-electron chi connectivity index (χ3n) is 5.38. The molecule has 2 aromatic heterocycles. The van der Waals surface area contributed by atoms with E-state index in [0.717, 1.165) is 0 Å². The summed E-state index contributed by atoms with van der Waals surface area (Å²) in [5.74, 6) is -0.611. The average Bonchev–Trinajstić information content (AvgIpc) is 3.28. The number of aromatic nitrogens is 3. The molecule has 0 fully saturated rings. The van der Waals surface area contributed by atoms with Crippen molar-refractivity contribution in [1.82, 2.24) is 19.7 Å². The van der Waals surface area contributed by atoms with E-state index >= 15 is 4.39 Å². The van der Waals surface area contributed by atoms with Gasteiger partial charge < -0.3 is 10.0 Å². The van der Waals surface area contributed by atoms with Crippen LogP contribution in [-0.4, -0.2) is 30.7 Å². The number of rotatable bonds is 4. The van der Waals surface area contributed by atoms with Crippen molar-refractivity contribution in [1.29, 1.82) is 0 Å². The van der Waals surface area contributed by atoms with Crippen molar-refractivity contribution < 1.29 is 17.0 Å². The molecule has 0 unspecified atom stereocenters. The second-order valence-corrected chi connectivity index (χ2v) is 7.30. The number of hydrogen-bond donors (Lipinski definition) is 1. The molecule has 1 amide bonds. The van der Waals surface area contributed by atoms with Crippen LogP contribution >= 0.6 is 0 Å². The SMILES string of the molecule is [2H]C([2H])(O)c1ccc(-c2ccc(CN3Cc4ncccc4C3=O)c(F)c2)c2cn(C)nc12. The van der Waals surface area contributed by atoms with Crippen LogP contribution in [0.2, 0.25) is 0 Å². The number of halogens is 1. The van der Waals surface area contributed by atoms with Crippen LogP contribution in [0.5, 0.6) is 0 Å². The van der Waals surface area contributed by atoms with Crippen molar-refractivity contribution >= 4 is 16.8 Å². The number of pyridine rings is 1. The smallest absolute Gasteiger partial charge is 0.256 e. The maximum absolute atomic E-state index is 15.0. The first kappa shape index (κ1) is 16.2. The summed E-state index contributed by atoms with van der Waals surface area (Å²) in [6.07, 6.45) is 3.34. The second kappa shape index (κ2) is 7.03. The normalized spacial score (nSPS) is 14.8. The zero-order chi connectivity index (χ0) is 22.6. The van der Waals surface area contributed by atoms with E-state index in [0.29, 0.717) is 45.4 Å². The number of carbonyl (C=O) groups is 1. The molecule has 6 nitrogen and oxygen atoms in total. The molecule has 0 aliphatic carbocycles. The highest BCUT2D eigenvalue weighted by molar-refractivity contribution is 5.98. The molecule has 1 aliphatic rings. The number of aliphatic hydroxyl groups is 1. The lowest BCUT2D eigenvalue weighted by atomic mass is 9.98. The van der Waals surface area contributed by atoms with Crippen LogP contribution in [0.1, 0.15) is 29.9 Å². The fourth-order valence-corrected chi connectivity index (χ4v) is 3.92. The van der Waals surface area contributed by atoms with Gasteiger partial charge in [0.1, 0.15) is 5.82 Å². The summed E-state index contributed by atoms with van der Waals surface area (Å²) in [5.41, 5.74) is 3.25. The molecular weight excluding hydrogens is 383 g/mol. The predicted molar refractivity (Wildman–Crippen MR) is 110 cm³/mol. The van der Waals surface area contributed by atoms with Crippen molar-refractivity contribution in [2.75, 3.05) is 0 Å². The van der Waals surface area contributed by atoms with E-state index in [1.807, 2.05) is 0 Å². The highest BCUT2D eigenvalue weighted by Crippen LogP contribution is 2.32. The Hall–Kier alpha value is -3.58. The molecule has 150 valence electrons. The molecule has 0 saturated carbocycles. The van der Waals surface area contributed by atoms with Crippen LogP contribution in [0.25, 0.3) is 22.0 Å². The lowest BCUT2D eigenvalue weighted by molar-refractivity contribution is 0.0765. The third-order valence-corrected chi connectivity index (χ3v) is 5.38. The molecular formula is C23H19FN4O2. The summed E-state index contributed by atoms with van der Waals surface area (Å²) in [6, 6.07) is 11.4. The first-order valence-electron chi connectivity index (χ1n) is 10.4. The largest absolute Gasteiger partial charge is 0.392 e. The fourth-order valence-electron chi connectivity index (χ4n) is 3.92. The standard InChI is InChI=1S/C23H19FN4O2/c1-27-11-19-17(7-6-16(13-29)22(19)26-27)14-4-5-15(20(24)9-14)10-28-12-21-18(23(28)30)3-2-8-25-21/h2-9,11,29H,10,12-13H2,1H3/i13D2. The monoisotopic (exact) mass is 404 g/mol. The molecule has 1 N–H and O–H groups in total. The Morgan fingerprint density at radius 1 is 1.20 bits per heavy atom. The van der Waals surface area contributed by atoms with E-state index in [1.165, 1.54) is 16.8 Å². The first-order valence-corrected chi connectivity index (χ1v) is 9.43. The van der Waals surface area contributed by atoms with E-state index in [9.17, 15) is 9.90 Å². The lowest BCUT2D eigenvalue weighted by Crippen LogP contribution is -2.23. The van der Waals surface area contributed by atoms with Gasteiger partial charge in [-0.1, -0.05) is 24.3 Å². The van der Waals surface area contributed by atoms with Crippen LogP contribution in [0, 0.1) is 5.82 Å². The molecule has 7 heteroatoms. The molecule has 0 bridgehead atoms. The number of fused-ring (bicyclic) bond motifs is 2. The zero-order valence-corrected chi connectivity index (χ0v) is 16.1. The second-order valence-electron chi connectivity index (χ2n) is 7.30. The number of benzene rings is 2. The Morgan fingerprint density at radius 3 is 2.80 bits per heavy atom. The van der Waals surface area contributed by atoms with Gasteiger partial charge in [-0.15, -0.1) is 0 Å². The Labute approximate surface area is 175 Å². The Morgan fingerprint density at radius 2 is 2.03 bits per heavy atom. The van der Waals surface area contributed by atoms with Gasteiger partial charge in [0.2, 0.25) is 0 Å². The van der Waals surface area contributed by atoms with E-state index < -0.39 is 12.4 Å². The molecule has 0 atom stereocenters. The van der Waals surface area contributed by atoms with Crippen LogP contribution in [0.4, 0.5) is 4.39 Å². The first-order chi connectivity index (χ1) is 15.2. The Bertz CT molecular complexity index is 1380. The minimum absolute atomic E-state index is 0.0506. The van der Waals surface area contributed by atoms with Gasteiger partial charge in [0.15, 0.2) is 0 Å². The van der Waals surface area contributed by atoms with Gasteiger partial charge in [0.05, 0.1) is 32.6 Å². The predicted octanol–water partition coefficient (Wildman–Crippen LogP) is 3.42. The van der Waals surface area contributed by atoms with E-state index in [4.69, 9.17) is 2.74 Å². The maximum atomic E-state index is 15.0. The molecule has 0 saturated heterocycles. The number of hydrogen-bond acceptors (Lipinski definition) is 4.